The third kappa shape index (κ3) is 1.16. The summed E-state index contributed by atoms with van der Waals surface area (Å²) in [6.45, 7) is 1.94. The molecule has 2 rings (SSSR count). The van der Waals surface area contributed by atoms with Crippen LogP contribution in [0.2, 0.25) is 0 Å². The molecular formula is C9H8N2S. The standard InChI is InChI=1S/C9H8N2S/c1-6-9(12)5-8-7(11-6)3-2-4-10-8/h2-5,12H,1H3. The van der Waals surface area contributed by atoms with Crippen molar-refractivity contribution in [3.63, 3.8) is 0 Å². The van der Waals surface area contributed by atoms with E-state index in [4.69, 9.17) is 0 Å². The zero-order chi connectivity index (χ0) is 8.55. The Balaban J connectivity index is 2.84. The molecule has 0 fully saturated rings. The maximum atomic E-state index is 4.34. The molecule has 0 aliphatic heterocycles. The van der Waals surface area contributed by atoms with Gasteiger partial charge < -0.3 is 0 Å². The lowest BCUT2D eigenvalue weighted by molar-refractivity contribution is 1.15. The fraction of sp³-hybridized carbons (Fsp3) is 0.111. The molecule has 0 spiro atoms. The van der Waals surface area contributed by atoms with Gasteiger partial charge in [-0.3, -0.25) is 9.97 Å². The Bertz CT molecular complexity index is 385. The zero-order valence-corrected chi connectivity index (χ0v) is 7.55. The molecule has 2 aromatic rings. The van der Waals surface area contributed by atoms with Crippen molar-refractivity contribution in [3.8, 4) is 0 Å². The summed E-state index contributed by atoms with van der Waals surface area (Å²) in [6.07, 6.45) is 1.76. The number of pyridine rings is 2. The van der Waals surface area contributed by atoms with Gasteiger partial charge in [-0.15, -0.1) is 12.6 Å². The van der Waals surface area contributed by atoms with Crippen LogP contribution in [-0.4, -0.2) is 9.97 Å². The van der Waals surface area contributed by atoms with E-state index in [0.717, 1.165) is 21.6 Å². The SMILES string of the molecule is Cc1nc2cccnc2cc1S. The lowest BCUT2D eigenvalue weighted by atomic mass is 10.3. The highest BCUT2D eigenvalue weighted by Crippen LogP contribution is 2.16. The van der Waals surface area contributed by atoms with Crippen molar-refractivity contribution < 1.29 is 0 Å². The molecule has 60 valence electrons. The predicted octanol–water partition coefficient (Wildman–Crippen LogP) is 2.23. The molecule has 0 saturated heterocycles. The van der Waals surface area contributed by atoms with Crippen LogP contribution in [0.4, 0.5) is 0 Å². The Kier molecular flexibility index (Phi) is 1.73. The summed E-state index contributed by atoms with van der Waals surface area (Å²) in [4.78, 5) is 9.40. The molecule has 2 nitrogen and oxygen atoms in total. The van der Waals surface area contributed by atoms with E-state index in [1.165, 1.54) is 0 Å². The molecule has 0 aliphatic carbocycles. The van der Waals surface area contributed by atoms with Crippen molar-refractivity contribution >= 4 is 23.7 Å². The highest BCUT2D eigenvalue weighted by molar-refractivity contribution is 7.80. The van der Waals surface area contributed by atoms with Crippen molar-refractivity contribution in [2.75, 3.05) is 0 Å². The fourth-order valence-corrected chi connectivity index (χ4v) is 1.26. The second-order valence-corrected chi connectivity index (χ2v) is 3.12. The Labute approximate surface area is 76.1 Å². The summed E-state index contributed by atoms with van der Waals surface area (Å²) in [5.41, 5.74) is 2.76. The van der Waals surface area contributed by atoms with Crippen LogP contribution in [0, 0.1) is 6.92 Å². The average molecular weight is 176 g/mol. The lowest BCUT2D eigenvalue weighted by Crippen LogP contribution is -1.86. The summed E-state index contributed by atoms with van der Waals surface area (Å²) < 4.78 is 0. The van der Waals surface area contributed by atoms with Crippen LogP contribution in [0.15, 0.2) is 29.3 Å². The first-order valence-corrected chi connectivity index (χ1v) is 4.13. The zero-order valence-electron chi connectivity index (χ0n) is 6.65. The molecule has 2 aromatic heterocycles. The highest BCUT2D eigenvalue weighted by Gasteiger charge is 1.98. The first-order valence-electron chi connectivity index (χ1n) is 3.69. The number of hydrogen-bond acceptors (Lipinski definition) is 3. The van der Waals surface area contributed by atoms with E-state index < -0.39 is 0 Å². The quantitative estimate of drug-likeness (QED) is 0.623. The van der Waals surface area contributed by atoms with Gasteiger partial charge >= 0.3 is 0 Å². The van der Waals surface area contributed by atoms with Gasteiger partial charge in [0, 0.05) is 11.1 Å². The first-order chi connectivity index (χ1) is 5.77. The number of aromatic nitrogens is 2. The van der Waals surface area contributed by atoms with Crippen LogP contribution in [0.5, 0.6) is 0 Å². The second kappa shape index (κ2) is 2.75. The number of aryl methyl sites for hydroxylation is 1. The van der Waals surface area contributed by atoms with Crippen molar-refractivity contribution in [1.82, 2.24) is 9.97 Å². The molecule has 0 saturated carbocycles. The summed E-state index contributed by atoms with van der Waals surface area (Å²) in [5, 5.41) is 0. The molecule has 2 heterocycles. The molecular weight excluding hydrogens is 168 g/mol. The van der Waals surface area contributed by atoms with Gasteiger partial charge in [-0.05, 0) is 25.1 Å². The van der Waals surface area contributed by atoms with Gasteiger partial charge in [0.05, 0.1) is 16.7 Å². The lowest BCUT2D eigenvalue weighted by Gasteiger charge is -1.99. The Morgan fingerprint density at radius 2 is 2.17 bits per heavy atom. The molecule has 0 amide bonds. The van der Waals surface area contributed by atoms with Crippen molar-refractivity contribution in [2.24, 2.45) is 0 Å². The Morgan fingerprint density at radius 1 is 1.33 bits per heavy atom. The number of rotatable bonds is 0. The van der Waals surface area contributed by atoms with Crippen LogP contribution in [-0.2, 0) is 0 Å². The monoisotopic (exact) mass is 176 g/mol. The number of thiol groups is 1. The van der Waals surface area contributed by atoms with Crippen LogP contribution in [0.3, 0.4) is 0 Å². The minimum Gasteiger partial charge on any atom is -0.255 e. The van der Waals surface area contributed by atoms with E-state index in [-0.39, 0.29) is 0 Å². The maximum Gasteiger partial charge on any atom is 0.0897 e. The van der Waals surface area contributed by atoms with E-state index >= 15 is 0 Å². The first kappa shape index (κ1) is 7.55. The molecule has 0 bridgehead atoms. The molecule has 0 N–H and O–H groups in total. The Hall–Kier alpha value is -1.09. The number of nitrogens with zero attached hydrogens (tertiary/aromatic N) is 2. The summed E-state index contributed by atoms with van der Waals surface area (Å²) in [6, 6.07) is 5.76. The number of hydrogen-bond donors (Lipinski definition) is 1. The number of fused-ring (bicyclic) bond motifs is 1. The normalized spacial score (nSPS) is 10.5. The third-order valence-corrected chi connectivity index (χ3v) is 2.20. The Morgan fingerprint density at radius 3 is 3.00 bits per heavy atom. The molecule has 0 aromatic carbocycles. The van der Waals surface area contributed by atoms with Gasteiger partial charge in [0.25, 0.3) is 0 Å². The molecule has 0 aliphatic rings. The van der Waals surface area contributed by atoms with Gasteiger partial charge in [0.15, 0.2) is 0 Å². The second-order valence-electron chi connectivity index (χ2n) is 2.63. The molecule has 0 atom stereocenters. The third-order valence-electron chi connectivity index (χ3n) is 1.75. The van der Waals surface area contributed by atoms with Gasteiger partial charge in [-0.2, -0.15) is 0 Å². The predicted molar refractivity (Wildman–Crippen MR) is 51.5 cm³/mol. The average Bonchev–Trinajstić information content (AvgIpc) is 2.07. The fourth-order valence-electron chi connectivity index (χ4n) is 1.09. The van der Waals surface area contributed by atoms with Gasteiger partial charge in [0.1, 0.15) is 0 Å². The summed E-state index contributed by atoms with van der Waals surface area (Å²) in [7, 11) is 0. The van der Waals surface area contributed by atoms with Gasteiger partial charge in [-0.1, -0.05) is 0 Å². The summed E-state index contributed by atoms with van der Waals surface area (Å²) >= 11 is 4.27. The van der Waals surface area contributed by atoms with Crippen LogP contribution in [0.25, 0.3) is 11.0 Å². The van der Waals surface area contributed by atoms with Crippen molar-refractivity contribution in [3.05, 3.63) is 30.1 Å². The van der Waals surface area contributed by atoms with Crippen LogP contribution < -0.4 is 0 Å². The van der Waals surface area contributed by atoms with Gasteiger partial charge in [0.2, 0.25) is 0 Å². The maximum absolute atomic E-state index is 4.34. The minimum atomic E-state index is 0.890. The molecule has 0 radical (unpaired) electrons. The van der Waals surface area contributed by atoms with Crippen LogP contribution in [0.1, 0.15) is 5.69 Å². The minimum absolute atomic E-state index is 0.890. The van der Waals surface area contributed by atoms with Crippen molar-refractivity contribution in [2.45, 2.75) is 11.8 Å². The molecule has 0 unspecified atom stereocenters. The van der Waals surface area contributed by atoms with E-state index in [1.807, 2.05) is 25.1 Å². The van der Waals surface area contributed by atoms with E-state index in [2.05, 4.69) is 22.6 Å². The molecule has 12 heavy (non-hydrogen) atoms. The van der Waals surface area contributed by atoms with E-state index in [9.17, 15) is 0 Å². The van der Waals surface area contributed by atoms with Gasteiger partial charge in [-0.25, -0.2) is 0 Å². The van der Waals surface area contributed by atoms with Crippen LogP contribution >= 0.6 is 12.6 Å². The van der Waals surface area contributed by atoms with E-state index in [0.29, 0.717) is 0 Å². The topological polar surface area (TPSA) is 25.8 Å². The van der Waals surface area contributed by atoms with Crippen molar-refractivity contribution in [1.29, 1.82) is 0 Å². The smallest absolute Gasteiger partial charge is 0.0897 e. The summed E-state index contributed by atoms with van der Waals surface area (Å²) in [5.74, 6) is 0. The largest absolute Gasteiger partial charge is 0.255 e. The molecule has 3 heteroatoms. The van der Waals surface area contributed by atoms with E-state index in [1.54, 1.807) is 6.20 Å². The highest BCUT2D eigenvalue weighted by atomic mass is 32.1.